The highest BCUT2D eigenvalue weighted by atomic mass is 79.9. The summed E-state index contributed by atoms with van der Waals surface area (Å²) in [5.74, 6) is 0.00872. The largest absolute Gasteiger partial charge is 0.496 e. The molecule has 0 fully saturated rings. The third-order valence-electron chi connectivity index (χ3n) is 3.96. The minimum absolute atomic E-state index is 0.360. The summed E-state index contributed by atoms with van der Waals surface area (Å²) in [6.45, 7) is 0. The topological polar surface area (TPSA) is 77.0 Å². The molecule has 8 heteroatoms. The van der Waals surface area contributed by atoms with Crippen LogP contribution in [0.15, 0.2) is 80.8 Å². The summed E-state index contributed by atoms with van der Waals surface area (Å²) in [5, 5.41) is 3.96. The highest BCUT2D eigenvalue weighted by Gasteiger charge is 2.12. The number of amides is 1. The zero-order chi connectivity index (χ0) is 21.5. The Hall–Kier alpha value is -2.97. The number of rotatable bonds is 6. The van der Waals surface area contributed by atoms with Crippen molar-refractivity contribution in [2.45, 2.75) is 0 Å². The fourth-order valence-electron chi connectivity index (χ4n) is 2.46. The maximum Gasteiger partial charge on any atom is 0.343 e. The molecule has 0 aliphatic heterocycles. The molecule has 3 rings (SSSR count). The molecule has 0 bridgehead atoms. The molecule has 3 aromatic carbocycles. The first kappa shape index (κ1) is 21.7. The van der Waals surface area contributed by atoms with E-state index in [1.165, 1.54) is 13.3 Å². The van der Waals surface area contributed by atoms with Gasteiger partial charge in [0.15, 0.2) is 0 Å². The van der Waals surface area contributed by atoms with Crippen molar-refractivity contribution in [1.29, 1.82) is 0 Å². The molecule has 0 spiro atoms. The van der Waals surface area contributed by atoms with E-state index in [1.54, 1.807) is 66.7 Å². The molecular formula is C22H16Br2N2O4. The average Bonchev–Trinajstić information content (AvgIpc) is 2.75. The van der Waals surface area contributed by atoms with Crippen molar-refractivity contribution in [2.24, 2.45) is 5.10 Å². The van der Waals surface area contributed by atoms with Crippen LogP contribution in [0.3, 0.4) is 0 Å². The first-order valence-electron chi connectivity index (χ1n) is 8.71. The molecule has 0 atom stereocenters. The lowest BCUT2D eigenvalue weighted by atomic mass is 10.2. The zero-order valence-electron chi connectivity index (χ0n) is 15.8. The molecule has 0 saturated carbocycles. The van der Waals surface area contributed by atoms with Crippen molar-refractivity contribution in [2.75, 3.05) is 7.11 Å². The second-order valence-electron chi connectivity index (χ2n) is 6.01. The molecule has 3 aromatic rings. The van der Waals surface area contributed by atoms with Crippen molar-refractivity contribution in [3.63, 3.8) is 0 Å². The first-order valence-corrected chi connectivity index (χ1v) is 10.3. The summed E-state index contributed by atoms with van der Waals surface area (Å²) in [5.41, 5.74) is 4.00. The molecule has 0 saturated heterocycles. The van der Waals surface area contributed by atoms with E-state index in [4.69, 9.17) is 9.47 Å². The van der Waals surface area contributed by atoms with Gasteiger partial charge < -0.3 is 9.47 Å². The molecule has 0 aliphatic carbocycles. The summed E-state index contributed by atoms with van der Waals surface area (Å²) >= 11 is 6.65. The molecule has 0 radical (unpaired) electrons. The van der Waals surface area contributed by atoms with E-state index < -0.39 is 11.9 Å². The Labute approximate surface area is 190 Å². The standard InChI is InChI=1S/C22H16Br2N2O4/c1-29-20-11-8-17(24)12-19(20)21(27)26-25-13-14-2-9-18(10-3-14)30-22(28)15-4-6-16(23)7-5-15/h2-13H,1H3,(H,26,27)/b25-13-. The molecule has 30 heavy (non-hydrogen) atoms. The van der Waals surface area contributed by atoms with Gasteiger partial charge in [0.05, 0.1) is 24.5 Å². The lowest BCUT2D eigenvalue weighted by Crippen LogP contribution is -2.18. The molecule has 1 N–H and O–H groups in total. The number of nitrogens with zero attached hydrogens (tertiary/aromatic N) is 1. The number of hydrazone groups is 1. The summed E-state index contributed by atoms with van der Waals surface area (Å²) in [7, 11) is 1.49. The summed E-state index contributed by atoms with van der Waals surface area (Å²) in [6, 6.07) is 18.8. The Kier molecular flexibility index (Phi) is 7.37. The molecule has 0 aromatic heterocycles. The van der Waals surface area contributed by atoms with Crippen LogP contribution in [0.4, 0.5) is 0 Å². The number of hydrogen-bond donors (Lipinski definition) is 1. The number of benzene rings is 3. The normalized spacial score (nSPS) is 10.6. The lowest BCUT2D eigenvalue weighted by molar-refractivity contribution is 0.0734. The highest BCUT2D eigenvalue weighted by Crippen LogP contribution is 2.22. The monoisotopic (exact) mass is 530 g/mol. The van der Waals surface area contributed by atoms with Gasteiger partial charge in [0.2, 0.25) is 0 Å². The minimum atomic E-state index is -0.445. The zero-order valence-corrected chi connectivity index (χ0v) is 18.9. The number of halogens is 2. The Balaban J connectivity index is 1.59. The van der Waals surface area contributed by atoms with Gasteiger partial charge in [0.1, 0.15) is 11.5 Å². The Morgan fingerprint density at radius 2 is 1.60 bits per heavy atom. The molecule has 1 amide bonds. The first-order chi connectivity index (χ1) is 14.5. The average molecular weight is 532 g/mol. The third-order valence-corrected chi connectivity index (χ3v) is 4.98. The number of nitrogens with one attached hydrogen (secondary N) is 1. The SMILES string of the molecule is COc1ccc(Br)cc1C(=O)N/N=C\c1ccc(OC(=O)c2ccc(Br)cc2)cc1. The second-order valence-corrected chi connectivity index (χ2v) is 7.84. The van der Waals surface area contributed by atoms with E-state index in [0.717, 1.165) is 14.5 Å². The molecule has 0 aliphatic rings. The maximum absolute atomic E-state index is 12.3. The van der Waals surface area contributed by atoms with Gasteiger partial charge in [0.25, 0.3) is 5.91 Å². The summed E-state index contributed by atoms with van der Waals surface area (Å²) in [6.07, 6.45) is 1.49. The van der Waals surface area contributed by atoms with Crippen LogP contribution < -0.4 is 14.9 Å². The number of methoxy groups -OCH3 is 1. The predicted molar refractivity (Wildman–Crippen MR) is 121 cm³/mol. The summed E-state index contributed by atoms with van der Waals surface area (Å²) in [4.78, 5) is 24.5. The molecule has 152 valence electrons. The van der Waals surface area contributed by atoms with Gasteiger partial charge in [-0.25, -0.2) is 10.2 Å². The van der Waals surface area contributed by atoms with Crippen molar-refractivity contribution < 1.29 is 19.1 Å². The van der Waals surface area contributed by atoms with Gasteiger partial charge in [-0.15, -0.1) is 0 Å². The van der Waals surface area contributed by atoms with Crippen LogP contribution in [0.5, 0.6) is 11.5 Å². The molecule has 0 heterocycles. The van der Waals surface area contributed by atoms with Gasteiger partial charge in [-0.3, -0.25) is 4.79 Å². The van der Waals surface area contributed by atoms with Crippen LogP contribution in [-0.4, -0.2) is 25.2 Å². The van der Waals surface area contributed by atoms with Gasteiger partial charge >= 0.3 is 5.97 Å². The van der Waals surface area contributed by atoms with Gasteiger partial charge in [0, 0.05) is 8.95 Å². The van der Waals surface area contributed by atoms with Crippen molar-refractivity contribution in [3.05, 3.63) is 92.4 Å². The third kappa shape index (κ3) is 5.77. The number of carbonyl (C=O) groups is 2. The second kappa shape index (κ2) is 10.2. The Morgan fingerprint density at radius 1 is 0.933 bits per heavy atom. The molecule has 0 unspecified atom stereocenters. The fraction of sp³-hybridized carbons (Fsp3) is 0.0455. The maximum atomic E-state index is 12.3. The Bertz CT molecular complexity index is 1080. The van der Waals surface area contributed by atoms with E-state index in [9.17, 15) is 9.59 Å². The fourth-order valence-corrected chi connectivity index (χ4v) is 3.08. The van der Waals surface area contributed by atoms with E-state index in [2.05, 4.69) is 42.4 Å². The van der Waals surface area contributed by atoms with Crippen molar-refractivity contribution in [3.8, 4) is 11.5 Å². The lowest BCUT2D eigenvalue weighted by Gasteiger charge is -2.07. The highest BCUT2D eigenvalue weighted by molar-refractivity contribution is 9.10. The van der Waals surface area contributed by atoms with E-state index >= 15 is 0 Å². The number of hydrogen-bond acceptors (Lipinski definition) is 5. The van der Waals surface area contributed by atoms with E-state index in [1.807, 2.05) is 0 Å². The van der Waals surface area contributed by atoms with Crippen molar-refractivity contribution in [1.82, 2.24) is 5.43 Å². The minimum Gasteiger partial charge on any atom is -0.496 e. The van der Waals surface area contributed by atoms with Crippen molar-refractivity contribution >= 4 is 50.0 Å². The van der Waals surface area contributed by atoms with Crippen LogP contribution in [0, 0.1) is 0 Å². The number of carbonyl (C=O) groups excluding carboxylic acids is 2. The van der Waals surface area contributed by atoms with Crippen LogP contribution in [-0.2, 0) is 0 Å². The van der Waals surface area contributed by atoms with Crippen LogP contribution in [0.1, 0.15) is 26.3 Å². The van der Waals surface area contributed by atoms with E-state index in [-0.39, 0.29) is 0 Å². The van der Waals surface area contributed by atoms with Gasteiger partial charge in [-0.2, -0.15) is 5.10 Å². The van der Waals surface area contributed by atoms with Crippen LogP contribution in [0.2, 0.25) is 0 Å². The van der Waals surface area contributed by atoms with Crippen LogP contribution in [0.25, 0.3) is 0 Å². The Morgan fingerprint density at radius 3 is 2.27 bits per heavy atom. The quantitative estimate of drug-likeness (QED) is 0.205. The van der Waals surface area contributed by atoms with Gasteiger partial charge in [-0.1, -0.05) is 31.9 Å². The smallest absolute Gasteiger partial charge is 0.343 e. The number of ether oxygens (including phenoxy) is 2. The summed E-state index contributed by atoms with van der Waals surface area (Å²) < 4.78 is 12.2. The van der Waals surface area contributed by atoms with Gasteiger partial charge in [-0.05, 0) is 72.3 Å². The van der Waals surface area contributed by atoms with Crippen LogP contribution >= 0.6 is 31.9 Å². The molecule has 6 nitrogen and oxygen atoms in total. The molecular weight excluding hydrogens is 516 g/mol. The predicted octanol–water partition coefficient (Wildman–Crippen LogP) is 5.20. The van der Waals surface area contributed by atoms with E-state index in [0.29, 0.717) is 22.6 Å². The number of esters is 1.